The van der Waals surface area contributed by atoms with Gasteiger partial charge in [-0.2, -0.15) is 0 Å². The second-order valence-electron chi connectivity index (χ2n) is 4.98. The van der Waals surface area contributed by atoms with Crippen LogP contribution < -0.4 is 5.32 Å². The Morgan fingerprint density at radius 2 is 2.38 bits per heavy atom. The molecule has 0 aliphatic carbocycles. The first-order chi connectivity index (χ1) is 10.3. The van der Waals surface area contributed by atoms with Crippen molar-refractivity contribution in [1.82, 2.24) is 5.32 Å². The summed E-state index contributed by atoms with van der Waals surface area (Å²) < 4.78 is 5.97. The molecule has 0 bridgehead atoms. The molecule has 1 aliphatic rings. The van der Waals surface area contributed by atoms with E-state index in [1.807, 2.05) is 14.0 Å². The van der Waals surface area contributed by atoms with Crippen LogP contribution in [0.2, 0.25) is 0 Å². The SMILES string of the molecule is C=N/C=C(\N=C/C)c1cccc2c1CCCO[C@H]2CNC. The molecule has 0 fully saturated rings. The van der Waals surface area contributed by atoms with Crippen LogP contribution in [0.25, 0.3) is 5.70 Å². The molecule has 4 nitrogen and oxygen atoms in total. The van der Waals surface area contributed by atoms with Crippen molar-refractivity contribution in [2.75, 3.05) is 20.2 Å². The second kappa shape index (κ2) is 7.86. The molecule has 21 heavy (non-hydrogen) atoms. The zero-order chi connectivity index (χ0) is 15.1. The summed E-state index contributed by atoms with van der Waals surface area (Å²) in [4.78, 5) is 8.33. The Morgan fingerprint density at radius 1 is 1.52 bits per heavy atom. The van der Waals surface area contributed by atoms with Crippen molar-refractivity contribution < 1.29 is 4.74 Å². The monoisotopic (exact) mass is 285 g/mol. The lowest BCUT2D eigenvalue weighted by atomic mass is 9.93. The van der Waals surface area contributed by atoms with Gasteiger partial charge in [-0.3, -0.25) is 9.98 Å². The van der Waals surface area contributed by atoms with Crippen LogP contribution in [0.1, 0.15) is 36.1 Å². The van der Waals surface area contributed by atoms with Crippen molar-refractivity contribution >= 4 is 18.6 Å². The Balaban J connectivity index is 2.51. The van der Waals surface area contributed by atoms with Gasteiger partial charge in [0.15, 0.2) is 0 Å². The lowest BCUT2D eigenvalue weighted by Crippen LogP contribution is -2.20. The highest BCUT2D eigenvalue weighted by atomic mass is 16.5. The molecule has 0 saturated heterocycles. The minimum Gasteiger partial charge on any atom is -0.372 e. The van der Waals surface area contributed by atoms with Crippen molar-refractivity contribution in [2.24, 2.45) is 9.98 Å². The van der Waals surface area contributed by atoms with Crippen LogP contribution in [-0.4, -0.2) is 33.1 Å². The first-order valence-electron chi connectivity index (χ1n) is 7.34. The highest BCUT2D eigenvalue weighted by Gasteiger charge is 2.21. The average molecular weight is 285 g/mol. The zero-order valence-corrected chi connectivity index (χ0v) is 12.8. The van der Waals surface area contributed by atoms with E-state index < -0.39 is 0 Å². The number of nitrogens with zero attached hydrogens (tertiary/aromatic N) is 2. The van der Waals surface area contributed by atoms with Gasteiger partial charge in [0.05, 0.1) is 18.0 Å². The zero-order valence-electron chi connectivity index (χ0n) is 12.8. The molecule has 1 aliphatic heterocycles. The Morgan fingerprint density at radius 3 is 3.10 bits per heavy atom. The molecule has 0 saturated carbocycles. The van der Waals surface area contributed by atoms with Crippen molar-refractivity contribution in [3.8, 4) is 0 Å². The molecular formula is C17H23N3O. The molecule has 0 amide bonds. The molecule has 1 atom stereocenters. The van der Waals surface area contributed by atoms with Crippen LogP contribution in [0.5, 0.6) is 0 Å². The number of nitrogens with one attached hydrogen (secondary N) is 1. The van der Waals surface area contributed by atoms with Crippen LogP contribution in [0.15, 0.2) is 34.4 Å². The number of likely N-dealkylation sites (N-methyl/N-ethyl adjacent to an activating group) is 1. The topological polar surface area (TPSA) is 46.0 Å². The Labute approximate surface area is 126 Å². The molecule has 1 aromatic carbocycles. The van der Waals surface area contributed by atoms with Crippen molar-refractivity contribution in [3.63, 3.8) is 0 Å². The van der Waals surface area contributed by atoms with E-state index >= 15 is 0 Å². The summed E-state index contributed by atoms with van der Waals surface area (Å²) in [6.07, 6.45) is 5.62. The van der Waals surface area contributed by atoms with Crippen LogP contribution >= 0.6 is 0 Å². The standard InChI is InChI=1S/C17H23N3O/c1-4-20-16(11-18-2)14-7-5-8-15-13(14)9-6-10-21-17(15)12-19-3/h4-5,7-8,11,17,19H,2,6,9-10,12H2,1,3H3/b16-11-,20-4-/t17-/m0/s1. The first kappa shape index (κ1) is 15.6. The highest BCUT2D eigenvalue weighted by molar-refractivity contribution is 5.75. The van der Waals surface area contributed by atoms with Crippen molar-refractivity contribution in [1.29, 1.82) is 0 Å². The fourth-order valence-electron chi connectivity index (χ4n) is 2.74. The Hall–Kier alpha value is -1.78. The van der Waals surface area contributed by atoms with Gasteiger partial charge in [-0.05, 0) is 44.7 Å². The molecule has 4 heteroatoms. The second-order valence-corrected chi connectivity index (χ2v) is 4.98. The van der Waals surface area contributed by atoms with Gasteiger partial charge in [0, 0.05) is 24.9 Å². The third-order valence-corrected chi connectivity index (χ3v) is 3.60. The van der Waals surface area contributed by atoms with Gasteiger partial charge in [-0.25, -0.2) is 0 Å². The van der Waals surface area contributed by atoms with E-state index in [-0.39, 0.29) is 6.10 Å². The van der Waals surface area contributed by atoms with Gasteiger partial charge in [0.2, 0.25) is 0 Å². The normalized spacial score (nSPS) is 19.3. The molecule has 1 heterocycles. The lowest BCUT2D eigenvalue weighted by Gasteiger charge is -2.19. The van der Waals surface area contributed by atoms with Gasteiger partial charge in [-0.15, -0.1) is 0 Å². The molecule has 112 valence electrons. The minimum atomic E-state index is 0.0935. The fraction of sp³-hybridized carbons (Fsp3) is 0.412. The number of hydrogen-bond acceptors (Lipinski definition) is 4. The van der Waals surface area contributed by atoms with Crippen molar-refractivity contribution in [2.45, 2.75) is 25.9 Å². The molecule has 0 radical (unpaired) electrons. The fourth-order valence-corrected chi connectivity index (χ4v) is 2.74. The summed E-state index contributed by atoms with van der Waals surface area (Å²) >= 11 is 0. The third kappa shape index (κ3) is 3.65. The smallest absolute Gasteiger partial charge is 0.0951 e. The summed E-state index contributed by atoms with van der Waals surface area (Å²) in [5.41, 5.74) is 4.55. The predicted octanol–water partition coefficient (Wildman–Crippen LogP) is 3.00. The van der Waals surface area contributed by atoms with Gasteiger partial charge < -0.3 is 10.1 Å². The molecule has 0 unspecified atom stereocenters. The van der Waals surface area contributed by atoms with E-state index in [0.717, 1.165) is 37.3 Å². The van der Waals surface area contributed by atoms with Crippen LogP contribution in [-0.2, 0) is 11.2 Å². The highest BCUT2D eigenvalue weighted by Crippen LogP contribution is 2.32. The lowest BCUT2D eigenvalue weighted by molar-refractivity contribution is 0.0579. The predicted molar refractivity (Wildman–Crippen MR) is 89.1 cm³/mol. The van der Waals surface area contributed by atoms with E-state index in [1.54, 1.807) is 12.4 Å². The van der Waals surface area contributed by atoms with E-state index in [9.17, 15) is 0 Å². The number of aliphatic imine (C=N–C) groups is 2. The maximum absolute atomic E-state index is 5.97. The van der Waals surface area contributed by atoms with E-state index in [2.05, 4.69) is 40.2 Å². The van der Waals surface area contributed by atoms with Crippen LogP contribution in [0.3, 0.4) is 0 Å². The number of hydrogen-bond donors (Lipinski definition) is 1. The first-order valence-corrected chi connectivity index (χ1v) is 7.34. The Kier molecular flexibility index (Phi) is 5.84. The average Bonchev–Trinajstić information content (AvgIpc) is 2.70. The molecule has 1 N–H and O–H groups in total. The van der Waals surface area contributed by atoms with Gasteiger partial charge in [0.25, 0.3) is 0 Å². The number of benzene rings is 1. The van der Waals surface area contributed by atoms with Gasteiger partial charge in [0.1, 0.15) is 0 Å². The minimum absolute atomic E-state index is 0.0935. The van der Waals surface area contributed by atoms with Crippen molar-refractivity contribution in [3.05, 3.63) is 41.1 Å². The number of ether oxygens (including phenoxy) is 1. The van der Waals surface area contributed by atoms with Gasteiger partial charge in [-0.1, -0.05) is 18.2 Å². The maximum atomic E-state index is 5.97. The molecule has 0 aromatic heterocycles. The Bertz CT molecular complexity index is 549. The number of fused-ring (bicyclic) bond motifs is 1. The van der Waals surface area contributed by atoms with E-state index in [1.165, 1.54) is 11.1 Å². The summed E-state index contributed by atoms with van der Waals surface area (Å²) in [6, 6.07) is 6.32. The summed E-state index contributed by atoms with van der Waals surface area (Å²) in [5.74, 6) is 0. The van der Waals surface area contributed by atoms with E-state index in [4.69, 9.17) is 4.74 Å². The molecule has 0 spiro atoms. The summed E-state index contributed by atoms with van der Waals surface area (Å²) in [6.45, 7) is 7.06. The largest absolute Gasteiger partial charge is 0.372 e. The molecule has 1 aromatic rings. The molecular weight excluding hydrogens is 262 g/mol. The summed E-state index contributed by atoms with van der Waals surface area (Å²) in [5, 5.41) is 3.21. The van der Waals surface area contributed by atoms with Gasteiger partial charge >= 0.3 is 0 Å². The van der Waals surface area contributed by atoms with E-state index in [0.29, 0.717) is 0 Å². The quantitative estimate of drug-likeness (QED) is 0.845. The van der Waals surface area contributed by atoms with Crippen LogP contribution in [0, 0.1) is 0 Å². The number of rotatable bonds is 5. The third-order valence-electron chi connectivity index (χ3n) is 3.60. The van der Waals surface area contributed by atoms with Crippen LogP contribution in [0.4, 0.5) is 0 Å². The molecule has 2 rings (SSSR count). The maximum Gasteiger partial charge on any atom is 0.0951 e. The summed E-state index contributed by atoms with van der Waals surface area (Å²) in [7, 11) is 1.95.